The van der Waals surface area contributed by atoms with Gasteiger partial charge in [0.15, 0.2) is 0 Å². The maximum Gasteiger partial charge on any atom is 0.0567 e. The average molecular weight is 201 g/mol. The van der Waals surface area contributed by atoms with Gasteiger partial charge in [-0.15, -0.1) is 6.58 Å². The Labute approximate surface area is 79.5 Å². The second-order valence-electron chi connectivity index (χ2n) is 2.25. The molecule has 0 radical (unpaired) electrons. The van der Waals surface area contributed by atoms with Crippen molar-refractivity contribution in [2.75, 3.05) is 5.75 Å². The van der Waals surface area contributed by atoms with E-state index in [0.717, 1.165) is 4.90 Å². The van der Waals surface area contributed by atoms with Crippen LogP contribution >= 0.6 is 11.6 Å². The smallest absolute Gasteiger partial charge is 0.0567 e. The van der Waals surface area contributed by atoms with Crippen LogP contribution in [0.25, 0.3) is 0 Å². The molecule has 0 fully saturated rings. The lowest BCUT2D eigenvalue weighted by atomic mass is 10.4. The molecule has 0 heterocycles. The summed E-state index contributed by atoms with van der Waals surface area (Å²) in [6.45, 7) is 3.52. The van der Waals surface area contributed by atoms with E-state index in [1.807, 2.05) is 0 Å². The van der Waals surface area contributed by atoms with Gasteiger partial charge in [0, 0.05) is 15.7 Å². The number of rotatable bonds is 3. The second kappa shape index (κ2) is 4.43. The minimum absolute atomic E-state index is 0.488. The molecule has 0 N–H and O–H groups in total. The molecule has 1 aromatic rings. The molecule has 3 heteroatoms. The summed E-state index contributed by atoms with van der Waals surface area (Å²) in [5.41, 5.74) is 0. The fourth-order valence-corrected chi connectivity index (χ4v) is 1.76. The summed E-state index contributed by atoms with van der Waals surface area (Å²) in [6.07, 6.45) is 1.64. The Balaban J connectivity index is 2.82. The van der Waals surface area contributed by atoms with E-state index in [4.69, 9.17) is 11.6 Å². The Hall–Kier alpha value is -0.600. The third kappa shape index (κ3) is 2.47. The Bertz CT molecular complexity index is 292. The normalized spacial score (nSPS) is 12.4. The van der Waals surface area contributed by atoms with Crippen molar-refractivity contribution in [3.8, 4) is 0 Å². The molecule has 0 aliphatic heterocycles. The standard InChI is InChI=1S/C9H9ClOS/c1-2-7-12(11)9-5-3-8(10)4-6-9/h2-6H,1,7H2. The van der Waals surface area contributed by atoms with Crippen LogP contribution in [0, 0.1) is 0 Å². The van der Waals surface area contributed by atoms with Gasteiger partial charge in [-0.05, 0) is 24.3 Å². The van der Waals surface area contributed by atoms with Crippen molar-refractivity contribution >= 4 is 22.4 Å². The molecule has 1 unspecified atom stereocenters. The van der Waals surface area contributed by atoms with Crippen LogP contribution in [0.4, 0.5) is 0 Å². The number of halogens is 1. The van der Waals surface area contributed by atoms with Crippen LogP contribution in [0.3, 0.4) is 0 Å². The van der Waals surface area contributed by atoms with Crippen LogP contribution in [0.15, 0.2) is 41.8 Å². The van der Waals surface area contributed by atoms with Crippen molar-refractivity contribution in [2.24, 2.45) is 0 Å². The van der Waals surface area contributed by atoms with Crippen LogP contribution in [0.5, 0.6) is 0 Å². The molecular formula is C9H9ClOS. The molecule has 0 saturated carbocycles. The van der Waals surface area contributed by atoms with Gasteiger partial charge in [-0.2, -0.15) is 0 Å². The second-order valence-corrected chi connectivity index (χ2v) is 4.19. The molecule has 0 saturated heterocycles. The molecule has 0 aliphatic rings. The lowest BCUT2D eigenvalue weighted by molar-refractivity contribution is 0.685. The van der Waals surface area contributed by atoms with Crippen molar-refractivity contribution in [3.63, 3.8) is 0 Å². The predicted molar refractivity (Wildman–Crippen MR) is 52.9 cm³/mol. The van der Waals surface area contributed by atoms with E-state index < -0.39 is 10.8 Å². The highest BCUT2D eigenvalue weighted by Crippen LogP contribution is 2.12. The Morgan fingerprint density at radius 1 is 1.42 bits per heavy atom. The molecule has 1 aromatic carbocycles. The summed E-state index contributed by atoms with van der Waals surface area (Å²) in [7, 11) is -0.968. The van der Waals surface area contributed by atoms with Crippen molar-refractivity contribution in [1.29, 1.82) is 0 Å². The van der Waals surface area contributed by atoms with Crippen LogP contribution in [0.1, 0.15) is 0 Å². The quantitative estimate of drug-likeness (QED) is 0.686. The van der Waals surface area contributed by atoms with Gasteiger partial charge in [-0.3, -0.25) is 4.21 Å². The van der Waals surface area contributed by atoms with E-state index in [2.05, 4.69) is 6.58 Å². The van der Waals surface area contributed by atoms with Gasteiger partial charge in [0.2, 0.25) is 0 Å². The maximum atomic E-state index is 11.4. The van der Waals surface area contributed by atoms with Gasteiger partial charge in [-0.25, -0.2) is 0 Å². The molecule has 0 aromatic heterocycles. The molecule has 12 heavy (non-hydrogen) atoms. The van der Waals surface area contributed by atoms with E-state index in [1.54, 1.807) is 30.3 Å². The van der Waals surface area contributed by atoms with Gasteiger partial charge in [0.25, 0.3) is 0 Å². The number of hydrogen-bond donors (Lipinski definition) is 0. The Kier molecular flexibility index (Phi) is 3.50. The molecule has 1 nitrogen and oxygen atoms in total. The average Bonchev–Trinajstić information content (AvgIpc) is 2.06. The maximum absolute atomic E-state index is 11.4. The highest BCUT2D eigenvalue weighted by atomic mass is 35.5. The van der Waals surface area contributed by atoms with Gasteiger partial charge >= 0.3 is 0 Å². The first-order valence-corrected chi connectivity index (χ1v) is 5.18. The van der Waals surface area contributed by atoms with E-state index in [-0.39, 0.29) is 0 Å². The molecule has 1 atom stereocenters. The summed E-state index contributed by atoms with van der Waals surface area (Å²) < 4.78 is 11.4. The zero-order valence-corrected chi connectivity index (χ0v) is 8.07. The number of benzene rings is 1. The lowest BCUT2D eigenvalue weighted by Gasteiger charge is -1.97. The fourth-order valence-electron chi connectivity index (χ4n) is 0.790. The van der Waals surface area contributed by atoms with Gasteiger partial charge in [0.1, 0.15) is 0 Å². The molecule has 0 aliphatic carbocycles. The van der Waals surface area contributed by atoms with Crippen molar-refractivity contribution in [3.05, 3.63) is 41.9 Å². The predicted octanol–water partition coefficient (Wildman–Crippen LogP) is 2.63. The van der Waals surface area contributed by atoms with E-state index >= 15 is 0 Å². The minimum atomic E-state index is -0.968. The van der Waals surface area contributed by atoms with Crippen LogP contribution < -0.4 is 0 Å². The zero-order chi connectivity index (χ0) is 8.97. The first kappa shape index (κ1) is 9.49. The summed E-state index contributed by atoms with van der Waals surface area (Å²) in [5.74, 6) is 0.488. The molecule has 64 valence electrons. The van der Waals surface area contributed by atoms with Gasteiger partial charge < -0.3 is 0 Å². The third-order valence-corrected chi connectivity index (χ3v) is 2.93. The van der Waals surface area contributed by atoms with Crippen molar-refractivity contribution < 1.29 is 4.21 Å². The van der Waals surface area contributed by atoms with E-state index in [9.17, 15) is 4.21 Å². The van der Waals surface area contributed by atoms with Gasteiger partial charge in [-0.1, -0.05) is 17.7 Å². The molecular weight excluding hydrogens is 192 g/mol. The first-order valence-electron chi connectivity index (χ1n) is 3.49. The summed E-state index contributed by atoms with van der Waals surface area (Å²) in [4.78, 5) is 0.791. The zero-order valence-electron chi connectivity index (χ0n) is 6.50. The van der Waals surface area contributed by atoms with Crippen molar-refractivity contribution in [2.45, 2.75) is 4.90 Å². The molecule has 1 rings (SSSR count). The van der Waals surface area contributed by atoms with E-state index in [1.165, 1.54) is 0 Å². The highest BCUT2D eigenvalue weighted by Gasteiger charge is 1.99. The largest absolute Gasteiger partial charge is 0.254 e. The Morgan fingerprint density at radius 3 is 2.50 bits per heavy atom. The van der Waals surface area contributed by atoms with Crippen LogP contribution in [-0.4, -0.2) is 9.96 Å². The third-order valence-electron chi connectivity index (χ3n) is 1.35. The number of hydrogen-bond acceptors (Lipinski definition) is 1. The monoisotopic (exact) mass is 200 g/mol. The van der Waals surface area contributed by atoms with Crippen molar-refractivity contribution in [1.82, 2.24) is 0 Å². The van der Waals surface area contributed by atoms with E-state index in [0.29, 0.717) is 10.8 Å². The highest BCUT2D eigenvalue weighted by molar-refractivity contribution is 7.85. The molecule has 0 amide bonds. The first-order chi connectivity index (χ1) is 5.74. The SMILES string of the molecule is C=CCS(=O)c1ccc(Cl)cc1. The molecule has 0 spiro atoms. The van der Waals surface area contributed by atoms with Gasteiger partial charge in [0.05, 0.1) is 10.8 Å². The Morgan fingerprint density at radius 2 is 2.00 bits per heavy atom. The van der Waals surface area contributed by atoms with Crippen LogP contribution in [-0.2, 0) is 10.8 Å². The summed E-state index contributed by atoms with van der Waals surface area (Å²) in [5, 5.41) is 0.661. The summed E-state index contributed by atoms with van der Waals surface area (Å²) in [6, 6.07) is 7.00. The fraction of sp³-hybridized carbons (Fsp3) is 0.111. The molecule has 0 bridgehead atoms. The van der Waals surface area contributed by atoms with Crippen LogP contribution in [0.2, 0.25) is 5.02 Å². The minimum Gasteiger partial charge on any atom is -0.254 e. The summed E-state index contributed by atoms with van der Waals surface area (Å²) >= 11 is 5.67. The topological polar surface area (TPSA) is 17.1 Å². The lowest BCUT2D eigenvalue weighted by Crippen LogP contribution is -1.93.